The molecule has 2 rings (SSSR count). The summed E-state index contributed by atoms with van der Waals surface area (Å²) < 4.78 is 5.41. The van der Waals surface area contributed by atoms with Crippen LogP contribution in [0.15, 0.2) is 24.3 Å². The Hall–Kier alpha value is -1.39. The molecule has 0 saturated heterocycles. The highest BCUT2D eigenvalue weighted by atomic mass is 35.5. The smallest absolute Gasteiger partial charge is 0.321 e. The Balaban J connectivity index is 2.45. The van der Waals surface area contributed by atoms with Crippen molar-refractivity contribution in [1.82, 2.24) is 15.0 Å². The Morgan fingerprint density at radius 2 is 1.78 bits per heavy atom. The van der Waals surface area contributed by atoms with Crippen LogP contribution in [0.1, 0.15) is 13.8 Å². The van der Waals surface area contributed by atoms with Crippen LogP contribution in [-0.2, 0) is 0 Å². The van der Waals surface area contributed by atoms with E-state index in [1.165, 1.54) is 0 Å². The number of rotatable bonds is 3. The van der Waals surface area contributed by atoms with Gasteiger partial charge in [-0.2, -0.15) is 15.0 Å². The van der Waals surface area contributed by atoms with Crippen LogP contribution in [0.5, 0.6) is 6.01 Å². The lowest BCUT2D eigenvalue weighted by molar-refractivity contribution is 0.222. The van der Waals surface area contributed by atoms with Crippen LogP contribution in [-0.4, -0.2) is 21.1 Å². The number of nitrogens with zero attached hydrogens (tertiary/aromatic N) is 3. The maximum atomic E-state index is 6.08. The van der Waals surface area contributed by atoms with Crippen LogP contribution in [0.3, 0.4) is 0 Å². The molecule has 2 aromatic rings. The van der Waals surface area contributed by atoms with E-state index in [4.69, 9.17) is 27.9 Å². The van der Waals surface area contributed by atoms with Gasteiger partial charge in [-0.05, 0) is 37.6 Å². The number of halogens is 2. The molecule has 6 heteroatoms. The summed E-state index contributed by atoms with van der Waals surface area (Å²) in [5.74, 6) is 0.399. The molecule has 94 valence electrons. The van der Waals surface area contributed by atoms with Gasteiger partial charge in [-0.15, -0.1) is 0 Å². The number of benzene rings is 1. The van der Waals surface area contributed by atoms with E-state index in [-0.39, 0.29) is 17.4 Å². The van der Waals surface area contributed by atoms with Gasteiger partial charge in [-0.1, -0.05) is 23.7 Å². The molecule has 1 aromatic carbocycles. The van der Waals surface area contributed by atoms with Crippen LogP contribution >= 0.6 is 23.2 Å². The molecular formula is C12H11Cl2N3O. The number of aromatic nitrogens is 3. The monoisotopic (exact) mass is 283 g/mol. The van der Waals surface area contributed by atoms with Crippen molar-refractivity contribution in [3.63, 3.8) is 0 Å². The Bertz CT molecular complexity index is 561. The second-order valence-corrected chi connectivity index (χ2v) is 4.60. The molecule has 0 amide bonds. The number of hydrogen-bond acceptors (Lipinski definition) is 4. The van der Waals surface area contributed by atoms with Crippen molar-refractivity contribution in [2.45, 2.75) is 20.0 Å². The van der Waals surface area contributed by atoms with Gasteiger partial charge in [0.2, 0.25) is 5.28 Å². The van der Waals surface area contributed by atoms with Crippen LogP contribution < -0.4 is 4.74 Å². The molecule has 0 aliphatic carbocycles. The second kappa shape index (κ2) is 5.50. The average Bonchev–Trinajstić information content (AvgIpc) is 2.27. The fourth-order valence-electron chi connectivity index (χ4n) is 1.36. The third kappa shape index (κ3) is 3.09. The van der Waals surface area contributed by atoms with Gasteiger partial charge >= 0.3 is 6.01 Å². The molecule has 0 atom stereocenters. The first-order valence-corrected chi connectivity index (χ1v) is 6.15. The van der Waals surface area contributed by atoms with Crippen molar-refractivity contribution in [1.29, 1.82) is 0 Å². The van der Waals surface area contributed by atoms with E-state index in [1.54, 1.807) is 6.07 Å². The lowest BCUT2D eigenvalue weighted by Gasteiger charge is -2.09. The highest BCUT2D eigenvalue weighted by Crippen LogP contribution is 2.26. The van der Waals surface area contributed by atoms with E-state index in [0.717, 1.165) is 0 Å². The predicted molar refractivity (Wildman–Crippen MR) is 71.0 cm³/mol. The lowest BCUT2D eigenvalue weighted by atomic mass is 10.2. The van der Waals surface area contributed by atoms with Crippen LogP contribution in [0, 0.1) is 0 Å². The first-order valence-electron chi connectivity index (χ1n) is 5.39. The molecule has 0 aliphatic heterocycles. The SMILES string of the molecule is CC(C)Oc1nc(Cl)nc(-c2ccccc2Cl)n1. The molecule has 1 heterocycles. The molecule has 4 nitrogen and oxygen atoms in total. The summed E-state index contributed by atoms with van der Waals surface area (Å²) in [6.45, 7) is 3.76. The third-order valence-corrected chi connectivity index (χ3v) is 2.54. The van der Waals surface area contributed by atoms with Gasteiger partial charge in [0.1, 0.15) is 0 Å². The quantitative estimate of drug-likeness (QED) is 0.863. The summed E-state index contributed by atoms with van der Waals surface area (Å²) in [7, 11) is 0. The Morgan fingerprint density at radius 1 is 1.06 bits per heavy atom. The summed E-state index contributed by atoms with van der Waals surface area (Å²) in [6, 6.07) is 7.45. The zero-order chi connectivity index (χ0) is 13.1. The maximum Gasteiger partial charge on any atom is 0.321 e. The predicted octanol–water partition coefficient (Wildman–Crippen LogP) is 3.63. The van der Waals surface area contributed by atoms with Crippen molar-refractivity contribution in [2.24, 2.45) is 0 Å². The van der Waals surface area contributed by atoms with Gasteiger partial charge in [0.05, 0.1) is 11.1 Å². The average molecular weight is 284 g/mol. The molecule has 0 fully saturated rings. The largest absolute Gasteiger partial charge is 0.461 e. The van der Waals surface area contributed by atoms with E-state index in [2.05, 4.69) is 15.0 Å². The van der Waals surface area contributed by atoms with E-state index < -0.39 is 0 Å². The molecule has 0 bridgehead atoms. The zero-order valence-electron chi connectivity index (χ0n) is 9.89. The van der Waals surface area contributed by atoms with Crippen LogP contribution in [0.25, 0.3) is 11.4 Å². The topological polar surface area (TPSA) is 47.9 Å². The molecule has 1 aromatic heterocycles. The summed E-state index contributed by atoms with van der Waals surface area (Å²) in [4.78, 5) is 12.1. The minimum Gasteiger partial charge on any atom is -0.461 e. The fraction of sp³-hybridized carbons (Fsp3) is 0.250. The summed E-state index contributed by atoms with van der Waals surface area (Å²) in [6.07, 6.45) is -0.0393. The molecule has 0 N–H and O–H groups in total. The van der Waals surface area contributed by atoms with Gasteiger partial charge in [0, 0.05) is 5.56 Å². The van der Waals surface area contributed by atoms with Crippen molar-refractivity contribution in [3.8, 4) is 17.4 Å². The third-order valence-electron chi connectivity index (χ3n) is 2.04. The Morgan fingerprint density at radius 3 is 2.44 bits per heavy atom. The lowest BCUT2D eigenvalue weighted by Crippen LogP contribution is -2.09. The van der Waals surface area contributed by atoms with Crippen LogP contribution in [0.4, 0.5) is 0 Å². The molecule has 0 spiro atoms. The van der Waals surface area contributed by atoms with Crippen molar-refractivity contribution in [3.05, 3.63) is 34.6 Å². The molecular weight excluding hydrogens is 273 g/mol. The second-order valence-electron chi connectivity index (χ2n) is 3.86. The van der Waals surface area contributed by atoms with Crippen molar-refractivity contribution < 1.29 is 4.74 Å². The normalized spacial score (nSPS) is 10.7. The molecule has 0 saturated carbocycles. The summed E-state index contributed by atoms with van der Waals surface area (Å²) >= 11 is 11.9. The molecule has 0 aliphatic rings. The molecule has 0 radical (unpaired) electrons. The van der Waals surface area contributed by atoms with Gasteiger partial charge in [-0.3, -0.25) is 0 Å². The molecule has 18 heavy (non-hydrogen) atoms. The van der Waals surface area contributed by atoms with Crippen molar-refractivity contribution in [2.75, 3.05) is 0 Å². The summed E-state index contributed by atoms with van der Waals surface area (Å²) in [5.41, 5.74) is 0.692. The number of hydrogen-bond donors (Lipinski definition) is 0. The highest BCUT2D eigenvalue weighted by Gasteiger charge is 2.11. The van der Waals surface area contributed by atoms with Gasteiger partial charge < -0.3 is 4.74 Å². The Labute approximate surface area is 115 Å². The van der Waals surface area contributed by atoms with E-state index in [1.807, 2.05) is 32.0 Å². The number of ether oxygens (including phenoxy) is 1. The minimum absolute atomic E-state index is 0.0393. The first kappa shape index (κ1) is 13.1. The first-order chi connectivity index (χ1) is 8.56. The fourth-order valence-corrected chi connectivity index (χ4v) is 1.73. The van der Waals surface area contributed by atoms with Gasteiger partial charge in [0.25, 0.3) is 0 Å². The summed E-state index contributed by atoms with van der Waals surface area (Å²) in [5, 5.41) is 0.630. The zero-order valence-corrected chi connectivity index (χ0v) is 11.4. The standard InChI is InChI=1S/C12H11Cl2N3O/c1-7(2)18-12-16-10(15-11(14)17-12)8-5-3-4-6-9(8)13/h3-7H,1-2H3. The van der Waals surface area contributed by atoms with Crippen LogP contribution in [0.2, 0.25) is 10.3 Å². The van der Waals surface area contributed by atoms with Gasteiger partial charge in [-0.25, -0.2) is 0 Å². The highest BCUT2D eigenvalue weighted by molar-refractivity contribution is 6.33. The maximum absolute atomic E-state index is 6.08. The van der Waals surface area contributed by atoms with Gasteiger partial charge in [0.15, 0.2) is 5.82 Å². The van der Waals surface area contributed by atoms with E-state index >= 15 is 0 Å². The molecule has 0 unspecified atom stereocenters. The van der Waals surface area contributed by atoms with Crippen molar-refractivity contribution >= 4 is 23.2 Å². The van der Waals surface area contributed by atoms with E-state index in [0.29, 0.717) is 16.4 Å². The van der Waals surface area contributed by atoms with E-state index in [9.17, 15) is 0 Å². The Kier molecular flexibility index (Phi) is 3.99. The minimum atomic E-state index is -0.0393.